The van der Waals surface area contributed by atoms with Crippen LogP contribution < -0.4 is 4.74 Å². The molecule has 14 heavy (non-hydrogen) atoms. The van der Waals surface area contributed by atoms with Crippen LogP contribution in [0.15, 0.2) is 18.2 Å². The summed E-state index contributed by atoms with van der Waals surface area (Å²) in [6.45, 7) is -1.11. The van der Waals surface area contributed by atoms with Crippen molar-refractivity contribution in [3.8, 4) is 5.75 Å². The fraction of sp³-hybridized carbons (Fsp3) is 0.300. The van der Waals surface area contributed by atoms with Crippen molar-refractivity contribution in [3.05, 3.63) is 36.0 Å². The number of rotatable bonds is 4. The normalized spacial score (nSPS) is 10.6. The van der Waals surface area contributed by atoms with E-state index in [1.165, 1.54) is 12.1 Å². The number of hydrogen-bond donors (Lipinski definition) is 0. The minimum absolute atomic E-state index is 0.0155. The second-order valence-corrected chi connectivity index (χ2v) is 2.74. The summed E-state index contributed by atoms with van der Waals surface area (Å²) >= 11 is 0. The van der Waals surface area contributed by atoms with Crippen molar-refractivity contribution in [2.45, 2.75) is 20.0 Å². The van der Waals surface area contributed by atoms with E-state index in [0.29, 0.717) is 12.0 Å². The van der Waals surface area contributed by atoms with Gasteiger partial charge in [0, 0.05) is 0 Å². The molecule has 0 fully saturated rings. The predicted octanol–water partition coefficient (Wildman–Crippen LogP) is 3.19. The van der Waals surface area contributed by atoms with Gasteiger partial charge < -0.3 is 4.74 Å². The monoisotopic (exact) mass is 203 g/mol. The Kier molecular flexibility index (Phi) is 3.80. The average molecular weight is 203 g/mol. The Morgan fingerprint density at radius 2 is 2.14 bits per heavy atom. The first-order chi connectivity index (χ1) is 6.63. The van der Waals surface area contributed by atoms with Gasteiger partial charge in [-0.3, -0.25) is 0 Å². The lowest BCUT2D eigenvalue weighted by molar-refractivity contribution is -0.0499. The van der Waals surface area contributed by atoms with Crippen LogP contribution in [0.2, 0.25) is 0 Å². The third-order valence-corrected chi connectivity index (χ3v) is 1.67. The number of halogens is 3. The van der Waals surface area contributed by atoms with E-state index in [1.54, 1.807) is 13.3 Å². The Morgan fingerprint density at radius 3 is 2.71 bits per heavy atom. The summed E-state index contributed by atoms with van der Waals surface area (Å²) in [5.41, 5.74) is 0.352. The van der Waals surface area contributed by atoms with Gasteiger partial charge in [-0.1, -0.05) is 6.92 Å². The molecule has 0 atom stereocenters. The number of ether oxygens (including phenoxy) is 1. The summed E-state index contributed by atoms with van der Waals surface area (Å²) in [5, 5.41) is 0. The second-order valence-electron chi connectivity index (χ2n) is 2.74. The Balaban J connectivity index is 2.83. The van der Waals surface area contributed by atoms with Gasteiger partial charge in [0.15, 0.2) is 0 Å². The van der Waals surface area contributed by atoms with E-state index < -0.39 is 12.4 Å². The van der Waals surface area contributed by atoms with E-state index in [0.717, 1.165) is 6.07 Å². The summed E-state index contributed by atoms with van der Waals surface area (Å²) in [6.07, 6.45) is 2.14. The summed E-state index contributed by atoms with van der Waals surface area (Å²) < 4.78 is 40.8. The van der Waals surface area contributed by atoms with Crippen LogP contribution in [0.5, 0.6) is 5.75 Å². The second kappa shape index (κ2) is 4.88. The summed E-state index contributed by atoms with van der Waals surface area (Å²) in [6, 6.07) is 3.58. The van der Waals surface area contributed by atoms with Crippen LogP contribution in [0.25, 0.3) is 0 Å². The number of hydrogen-bond acceptors (Lipinski definition) is 1. The Morgan fingerprint density at radius 1 is 1.43 bits per heavy atom. The van der Waals surface area contributed by atoms with E-state index in [4.69, 9.17) is 0 Å². The molecular weight excluding hydrogens is 193 g/mol. The Hall–Kier alpha value is -1.19. The number of benzene rings is 1. The standard InChI is InChI=1S/C10H10F3O/c1-2-3-7-6-8(14-10(12)13)4-5-9(7)11/h2,4-6,10H,3H2,1H3. The fourth-order valence-corrected chi connectivity index (χ4v) is 1.10. The van der Waals surface area contributed by atoms with Gasteiger partial charge in [0.25, 0.3) is 0 Å². The molecule has 0 amide bonds. The van der Waals surface area contributed by atoms with E-state index in [-0.39, 0.29) is 5.75 Å². The zero-order chi connectivity index (χ0) is 10.6. The van der Waals surface area contributed by atoms with Crippen LogP contribution in [-0.4, -0.2) is 6.61 Å². The van der Waals surface area contributed by atoms with Crippen LogP contribution in [0.3, 0.4) is 0 Å². The molecule has 1 nitrogen and oxygen atoms in total. The molecule has 0 saturated carbocycles. The molecule has 0 bridgehead atoms. The highest BCUT2D eigenvalue weighted by Crippen LogP contribution is 2.19. The maximum atomic E-state index is 13.0. The SMILES string of the molecule is C[CH]Cc1cc(OC(F)F)ccc1F. The smallest absolute Gasteiger partial charge is 0.387 e. The molecule has 1 aromatic carbocycles. The van der Waals surface area contributed by atoms with Gasteiger partial charge in [0.2, 0.25) is 0 Å². The quantitative estimate of drug-likeness (QED) is 0.730. The van der Waals surface area contributed by atoms with Crippen molar-refractivity contribution in [2.75, 3.05) is 0 Å². The predicted molar refractivity (Wildman–Crippen MR) is 46.7 cm³/mol. The number of alkyl halides is 2. The van der Waals surface area contributed by atoms with E-state index >= 15 is 0 Å². The first-order valence-electron chi connectivity index (χ1n) is 4.14. The largest absolute Gasteiger partial charge is 0.435 e. The van der Waals surface area contributed by atoms with Crippen molar-refractivity contribution >= 4 is 0 Å². The Bertz CT molecular complexity index is 299. The van der Waals surface area contributed by atoms with Gasteiger partial charge in [-0.15, -0.1) is 0 Å². The van der Waals surface area contributed by atoms with Gasteiger partial charge in [0.05, 0.1) is 0 Å². The van der Waals surface area contributed by atoms with Gasteiger partial charge in [-0.2, -0.15) is 8.78 Å². The topological polar surface area (TPSA) is 9.23 Å². The summed E-state index contributed by atoms with van der Waals surface area (Å²) in [5.74, 6) is -0.428. The van der Waals surface area contributed by atoms with Gasteiger partial charge in [-0.05, 0) is 36.6 Å². The van der Waals surface area contributed by atoms with Crippen LogP contribution in [0, 0.1) is 12.2 Å². The van der Waals surface area contributed by atoms with Crippen molar-refractivity contribution in [1.29, 1.82) is 0 Å². The molecule has 0 N–H and O–H groups in total. The third kappa shape index (κ3) is 2.94. The molecule has 1 rings (SSSR count). The van der Waals surface area contributed by atoms with Crippen LogP contribution in [0.4, 0.5) is 13.2 Å². The third-order valence-electron chi connectivity index (χ3n) is 1.67. The molecule has 0 unspecified atom stereocenters. The van der Waals surface area contributed by atoms with Crippen molar-refractivity contribution < 1.29 is 17.9 Å². The van der Waals surface area contributed by atoms with Crippen LogP contribution in [-0.2, 0) is 6.42 Å². The van der Waals surface area contributed by atoms with Crippen molar-refractivity contribution in [1.82, 2.24) is 0 Å². The zero-order valence-electron chi connectivity index (χ0n) is 7.64. The lowest BCUT2D eigenvalue weighted by atomic mass is 10.1. The van der Waals surface area contributed by atoms with Crippen LogP contribution >= 0.6 is 0 Å². The lowest BCUT2D eigenvalue weighted by Crippen LogP contribution is -2.02. The maximum Gasteiger partial charge on any atom is 0.387 e. The molecule has 0 spiro atoms. The molecule has 0 aliphatic rings. The molecule has 1 radical (unpaired) electrons. The summed E-state index contributed by atoms with van der Waals surface area (Å²) in [7, 11) is 0. The van der Waals surface area contributed by atoms with Gasteiger partial charge >= 0.3 is 6.61 Å². The molecule has 0 saturated heterocycles. The average Bonchev–Trinajstić information content (AvgIpc) is 2.10. The molecule has 1 aromatic rings. The molecular formula is C10H10F3O. The highest BCUT2D eigenvalue weighted by molar-refractivity contribution is 5.30. The first-order valence-corrected chi connectivity index (χ1v) is 4.14. The fourth-order valence-electron chi connectivity index (χ4n) is 1.10. The molecule has 0 heterocycles. The minimum atomic E-state index is -2.88. The maximum absolute atomic E-state index is 13.0. The Labute approximate surface area is 80.5 Å². The van der Waals surface area contributed by atoms with Gasteiger partial charge in [0.1, 0.15) is 11.6 Å². The molecule has 0 aliphatic carbocycles. The van der Waals surface area contributed by atoms with Crippen molar-refractivity contribution in [3.63, 3.8) is 0 Å². The molecule has 4 heteroatoms. The zero-order valence-corrected chi connectivity index (χ0v) is 7.64. The van der Waals surface area contributed by atoms with E-state index in [1.807, 2.05) is 0 Å². The minimum Gasteiger partial charge on any atom is -0.435 e. The highest BCUT2D eigenvalue weighted by atomic mass is 19.3. The lowest BCUT2D eigenvalue weighted by Gasteiger charge is -2.06. The highest BCUT2D eigenvalue weighted by Gasteiger charge is 2.07. The van der Waals surface area contributed by atoms with Crippen molar-refractivity contribution in [2.24, 2.45) is 0 Å². The summed E-state index contributed by atoms with van der Waals surface area (Å²) in [4.78, 5) is 0. The molecule has 77 valence electrons. The first kappa shape index (κ1) is 10.9. The van der Waals surface area contributed by atoms with E-state index in [2.05, 4.69) is 4.74 Å². The van der Waals surface area contributed by atoms with E-state index in [9.17, 15) is 13.2 Å². The van der Waals surface area contributed by atoms with Gasteiger partial charge in [-0.25, -0.2) is 4.39 Å². The molecule has 0 aliphatic heterocycles. The molecule has 0 aromatic heterocycles. The van der Waals surface area contributed by atoms with Crippen LogP contribution in [0.1, 0.15) is 12.5 Å².